The Morgan fingerprint density at radius 1 is 1.27 bits per heavy atom. The first kappa shape index (κ1) is 8.37. The molecule has 5 nitrogen and oxygen atoms in total. The number of nitrogens with two attached hydrogens (primary N) is 1. The van der Waals surface area contributed by atoms with E-state index in [9.17, 15) is 0 Å². The number of hydrogen-bond donors (Lipinski definition) is 1. The van der Waals surface area contributed by atoms with Crippen molar-refractivity contribution in [2.24, 2.45) is 0 Å². The fraction of sp³-hybridized carbons (Fsp3) is 0. The summed E-state index contributed by atoms with van der Waals surface area (Å²) in [5.74, 6) is 0.412. The molecule has 3 rings (SSSR count). The summed E-state index contributed by atoms with van der Waals surface area (Å²) in [6.07, 6.45) is 3.16. The molecule has 15 heavy (non-hydrogen) atoms. The molecule has 0 aliphatic rings. The minimum Gasteiger partial charge on any atom is -0.382 e. The van der Waals surface area contributed by atoms with Gasteiger partial charge in [0.2, 0.25) is 0 Å². The van der Waals surface area contributed by atoms with Crippen molar-refractivity contribution in [2.45, 2.75) is 0 Å². The van der Waals surface area contributed by atoms with Gasteiger partial charge in [0.25, 0.3) is 0 Å². The number of anilines is 1. The van der Waals surface area contributed by atoms with Gasteiger partial charge in [0.1, 0.15) is 17.7 Å². The predicted octanol–water partition coefficient (Wildman–Crippen LogP) is 1.46. The maximum atomic E-state index is 5.70. The van der Waals surface area contributed by atoms with Gasteiger partial charge in [-0.2, -0.15) is 0 Å². The van der Waals surface area contributed by atoms with E-state index in [2.05, 4.69) is 15.0 Å². The Hall–Kier alpha value is -1.95. The number of nitrogens with zero attached hydrogens (tertiary/aromatic N) is 4. The normalized spacial score (nSPS) is 10.9. The van der Waals surface area contributed by atoms with E-state index in [-0.39, 0.29) is 0 Å². The predicted molar refractivity (Wildman–Crippen MR) is 58.9 cm³/mol. The summed E-state index contributed by atoms with van der Waals surface area (Å²) in [4.78, 5) is 12.3. The van der Waals surface area contributed by atoms with Gasteiger partial charge < -0.3 is 5.73 Å². The first-order valence-corrected chi connectivity index (χ1v) is 5.21. The van der Waals surface area contributed by atoms with E-state index in [1.165, 1.54) is 6.33 Å². The lowest BCUT2D eigenvalue weighted by Gasteiger charge is -1.98. The van der Waals surface area contributed by atoms with Gasteiger partial charge in [-0.05, 0) is 17.5 Å². The largest absolute Gasteiger partial charge is 0.382 e. The van der Waals surface area contributed by atoms with Crippen molar-refractivity contribution >= 4 is 28.3 Å². The van der Waals surface area contributed by atoms with Gasteiger partial charge in [0.15, 0.2) is 17.0 Å². The van der Waals surface area contributed by atoms with E-state index in [0.717, 1.165) is 10.6 Å². The molecule has 0 fully saturated rings. The molecule has 0 amide bonds. The molecule has 0 saturated carbocycles. The van der Waals surface area contributed by atoms with Crippen LogP contribution >= 0.6 is 11.3 Å². The van der Waals surface area contributed by atoms with E-state index in [4.69, 9.17) is 5.73 Å². The molecule has 0 saturated heterocycles. The minimum atomic E-state index is 0.412. The average Bonchev–Trinajstić information content (AvgIpc) is 2.85. The van der Waals surface area contributed by atoms with Crippen molar-refractivity contribution in [3.05, 3.63) is 30.2 Å². The van der Waals surface area contributed by atoms with Gasteiger partial charge >= 0.3 is 0 Å². The van der Waals surface area contributed by atoms with Crippen LogP contribution in [0.4, 0.5) is 5.82 Å². The maximum absolute atomic E-state index is 5.70. The lowest BCUT2D eigenvalue weighted by Crippen LogP contribution is -1.95. The van der Waals surface area contributed by atoms with E-state index in [1.54, 1.807) is 17.7 Å². The highest BCUT2D eigenvalue weighted by Gasteiger charge is 2.08. The Balaban J connectivity index is 2.34. The number of imidazole rings is 1. The smallest absolute Gasteiger partial charge is 0.170 e. The highest BCUT2D eigenvalue weighted by molar-refractivity contribution is 7.12. The molecule has 0 radical (unpaired) electrons. The minimum absolute atomic E-state index is 0.412. The summed E-state index contributed by atoms with van der Waals surface area (Å²) in [6, 6.07) is 3.99. The summed E-state index contributed by atoms with van der Waals surface area (Å²) in [7, 11) is 0. The van der Waals surface area contributed by atoms with Gasteiger partial charge in [0, 0.05) is 0 Å². The van der Waals surface area contributed by atoms with Crippen molar-refractivity contribution < 1.29 is 0 Å². The van der Waals surface area contributed by atoms with Crippen LogP contribution in [0.15, 0.2) is 30.2 Å². The van der Waals surface area contributed by atoms with Crippen molar-refractivity contribution in [3.8, 4) is 5.00 Å². The fourth-order valence-electron chi connectivity index (χ4n) is 1.42. The van der Waals surface area contributed by atoms with Gasteiger partial charge in [-0.15, -0.1) is 11.3 Å². The molecule has 3 aromatic rings. The third kappa shape index (κ3) is 1.18. The SMILES string of the molecule is Nc1ncnc2c1ncn2-c1cccs1. The Morgan fingerprint density at radius 2 is 2.20 bits per heavy atom. The van der Waals surface area contributed by atoms with E-state index in [1.807, 2.05) is 22.1 Å². The maximum Gasteiger partial charge on any atom is 0.170 e. The zero-order valence-corrected chi connectivity index (χ0v) is 8.48. The van der Waals surface area contributed by atoms with Crippen LogP contribution in [0.2, 0.25) is 0 Å². The van der Waals surface area contributed by atoms with Crippen LogP contribution in [0, 0.1) is 0 Å². The zero-order chi connectivity index (χ0) is 10.3. The third-order valence-electron chi connectivity index (χ3n) is 2.11. The van der Waals surface area contributed by atoms with Crippen LogP contribution in [0.3, 0.4) is 0 Å². The number of aromatic nitrogens is 4. The number of rotatable bonds is 1. The zero-order valence-electron chi connectivity index (χ0n) is 7.66. The molecule has 0 aliphatic carbocycles. The second-order valence-corrected chi connectivity index (χ2v) is 3.92. The fourth-order valence-corrected chi connectivity index (χ4v) is 2.12. The summed E-state index contributed by atoms with van der Waals surface area (Å²) in [5.41, 5.74) is 7.08. The van der Waals surface area contributed by atoms with Crippen LogP contribution in [0.1, 0.15) is 0 Å². The Kier molecular flexibility index (Phi) is 1.69. The second kappa shape index (κ2) is 3.03. The number of nitrogen functional groups attached to an aromatic ring is 1. The molecule has 0 aliphatic heterocycles. The molecule has 0 aromatic carbocycles. The second-order valence-electron chi connectivity index (χ2n) is 3.00. The summed E-state index contributed by atoms with van der Waals surface area (Å²) < 4.78 is 1.90. The monoisotopic (exact) mass is 217 g/mol. The van der Waals surface area contributed by atoms with Crippen molar-refractivity contribution in [3.63, 3.8) is 0 Å². The number of hydrogen-bond acceptors (Lipinski definition) is 5. The lowest BCUT2D eigenvalue weighted by molar-refractivity contribution is 1.08. The van der Waals surface area contributed by atoms with E-state index >= 15 is 0 Å². The topological polar surface area (TPSA) is 69.6 Å². The quantitative estimate of drug-likeness (QED) is 0.670. The molecule has 3 heterocycles. The van der Waals surface area contributed by atoms with Crippen molar-refractivity contribution in [2.75, 3.05) is 5.73 Å². The van der Waals surface area contributed by atoms with Crippen molar-refractivity contribution in [1.29, 1.82) is 0 Å². The van der Waals surface area contributed by atoms with Crippen molar-refractivity contribution in [1.82, 2.24) is 19.5 Å². The number of fused-ring (bicyclic) bond motifs is 1. The molecule has 0 bridgehead atoms. The molecule has 0 atom stereocenters. The Morgan fingerprint density at radius 3 is 3.00 bits per heavy atom. The molecular weight excluding hydrogens is 210 g/mol. The van der Waals surface area contributed by atoms with Crippen LogP contribution in [0.25, 0.3) is 16.2 Å². The van der Waals surface area contributed by atoms with Gasteiger partial charge in [-0.1, -0.05) is 0 Å². The van der Waals surface area contributed by atoms with Crippen LogP contribution in [-0.4, -0.2) is 19.5 Å². The summed E-state index contributed by atoms with van der Waals surface area (Å²) >= 11 is 1.62. The summed E-state index contributed by atoms with van der Waals surface area (Å²) in [6.45, 7) is 0. The Bertz CT molecular complexity index is 598. The molecule has 0 spiro atoms. The Labute approximate surface area is 89.2 Å². The van der Waals surface area contributed by atoms with Gasteiger partial charge in [0.05, 0.1) is 0 Å². The molecule has 0 unspecified atom stereocenters. The number of thiophene rings is 1. The molecule has 3 aromatic heterocycles. The molecular formula is C9H7N5S. The first-order chi connectivity index (χ1) is 7.36. The van der Waals surface area contributed by atoms with E-state index < -0.39 is 0 Å². The van der Waals surface area contributed by atoms with Crippen LogP contribution < -0.4 is 5.73 Å². The van der Waals surface area contributed by atoms with E-state index in [0.29, 0.717) is 11.3 Å². The molecule has 2 N–H and O–H groups in total. The highest BCUT2D eigenvalue weighted by atomic mass is 32.1. The third-order valence-corrected chi connectivity index (χ3v) is 2.97. The van der Waals surface area contributed by atoms with Crippen LogP contribution in [-0.2, 0) is 0 Å². The average molecular weight is 217 g/mol. The van der Waals surface area contributed by atoms with Gasteiger partial charge in [-0.25, -0.2) is 15.0 Å². The lowest BCUT2D eigenvalue weighted by atomic mass is 10.5. The standard InChI is InChI=1S/C9H7N5S/c10-8-7-9(12-4-11-8)14(5-13-7)6-2-1-3-15-6/h1-5H,(H2,10,11,12). The highest BCUT2D eigenvalue weighted by Crippen LogP contribution is 2.21. The molecule has 74 valence electrons. The van der Waals surface area contributed by atoms with Gasteiger partial charge in [-0.3, -0.25) is 4.57 Å². The molecule has 6 heteroatoms. The first-order valence-electron chi connectivity index (χ1n) is 4.33. The van der Waals surface area contributed by atoms with Crippen LogP contribution in [0.5, 0.6) is 0 Å². The summed E-state index contributed by atoms with van der Waals surface area (Å²) in [5, 5.41) is 3.07.